The van der Waals surface area contributed by atoms with Gasteiger partial charge in [0.05, 0.1) is 0 Å². The van der Waals surface area contributed by atoms with Crippen LogP contribution in [-0.2, 0) is 9.59 Å². The minimum Gasteiger partial charge on any atom is -0.508 e. The molecule has 0 heterocycles. The molecule has 0 spiro atoms. The Kier molecular flexibility index (Phi) is 5.72. The Balaban J connectivity index is 3.55. The van der Waals surface area contributed by atoms with Crippen LogP contribution in [0.25, 0.3) is 0 Å². The third-order valence-electron chi connectivity index (χ3n) is 3.68. The van der Waals surface area contributed by atoms with Gasteiger partial charge in [-0.25, -0.2) is 0 Å². The largest absolute Gasteiger partial charge is 0.508 e. The first-order valence-corrected chi connectivity index (χ1v) is 7.43. The van der Waals surface area contributed by atoms with E-state index in [9.17, 15) is 24.9 Å². The van der Waals surface area contributed by atoms with Crippen LogP contribution in [-0.4, -0.2) is 32.5 Å². The number of carbonyl (C=O) groups excluding carboxylic acids is 2. The Morgan fingerprint density at radius 3 is 2.00 bits per heavy atom. The van der Waals surface area contributed by atoms with E-state index in [-0.39, 0.29) is 18.4 Å². The summed E-state index contributed by atoms with van der Waals surface area (Å²) in [5.74, 6) is -2.77. The SMILES string of the molecule is CC(=O)C1=C(O)C(CC=C(C)C)=C(O)[C@](O)(CC=C(C)C)C1=O. The van der Waals surface area contributed by atoms with Crippen molar-refractivity contribution in [2.24, 2.45) is 0 Å². The first-order valence-electron chi connectivity index (χ1n) is 7.43. The lowest BCUT2D eigenvalue weighted by atomic mass is 9.77. The van der Waals surface area contributed by atoms with Gasteiger partial charge in [-0.1, -0.05) is 23.3 Å². The van der Waals surface area contributed by atoms with Crippen LogP contribution < -0.4 is 0 Å². The number of hydrogen-bond acceptors (Lipinski definition) is 5. The molecule has 126 valence electrons. The molecule has 0 saturated carbocycles. The number of hydrogen-bond donors (Lipinski definition) is 3. The fourth-order valence-corrected chi connectivity index (χ4v) is 2.30. The van der Waals surface area contributed by atoms with Crippen molar-refractivity contribution in [2.45, 2.75) is 53.1 Å². The van der Waals surface area contributed by atoms with Gasteiger partial charge in [-0.15, -0.1) is 0 Å². The van der Waals surface area contributed by atoms with Gasteiger partial charge >= 0.3 is 0 Å². The van der Waals surface area contributed by atoms with Crippen LogP contribution in [0.2, 0.25) is 0 Å². The minimum absolute atomic E-state index is 0.000608. The lowest BCUT2D eigenvalue weighted by molar-refractivity contribution is -0.134. The van der Waals surface area contributed by atoms with Crippen molar-refractivity contribution >= 4 is 11.6 Å². The van der Waals surface area contributed by atoms with Crippen LogP contribution in [0.5, 0.6) is 0 Å². The smallest absolute Gasteiger partial charge is 0.209 e. The quantitative estimate of drug-likeness (QED) is 0.534. The topological polar surface area (TPSA) is 94.8 Å². The van der Waals surface area contributed by atoms with Gasteiger partial charge in [-0.2, -0.15) is 0 Å². The Morgan fingerprint density at radius 1 is 1.04 bits per heavy atom. The van der Waals surface area contributed by atoms with Crippen molar-refractivity contribution in [3.63, 3.8) is 0 Å². The van der Waals surface area contributed by atoms with Crippen molar-refractivity contribution in [3.05, 3.63) is 46.0 Å². The zero-order valence-electron chi connectivity index (χ0n) is 14.2. The highest BCUT2D eigenvalue weighted by Crippen LogP contribution is 2.37. The highest BCUT2D eigenvalue weighted by molar-refractivity contribution is 6.24. The summed E-state index contributed by atoms with van der Waals surface area (Å²) in [5, 5.41) is 31.3. The van der Waals surface area contributed by atoms with Crippen LogP contribution >= 0.6 is 0 Å². The zero-order chi connectivity index (χ0) is 17.9. The van der Waals surface area contributed by atoms with E-state index in [1.165, 1.54) is 0 Å². The predicted octanol–water partition coefficient (Wildman–Crippen LogP) is 3.23. The Hall–Kier alpha value is -2.14. The number of aliphatic hydroxyl groups is 3. The maximum atomic E-state index is 12.5. The van der Waals surface area contributed by atoms with Crippen LogP contribution in [0.1, 0.15) is 47.5 Å². The second-order valence-electron chi connectivity index (χ2n) is 6.27. The monoisotopic (exact) mass is 320 g/mol. The molecule has 5 nitrogen and oxygen atoms in total. The fourth-order valence-electron chi connectivity index (χ4n) is 2.30. The van der Waals surface area contributed by atoms with Gasteiger partial charge in [0.15, 0.2) is 11.4 Å². The molecule has 0 bridgehead atoms. The summed E-state index contributed by atoms with van der Waals surface area (Å²) in [6.07, 6.45) is 3.28. The number of allylic oxidation sites excluding steroid dienone is 4. The van der Waals surface area contributed by atoms with Crippen LogP contribution in [0, 0.1) is 0 Å². The summed E-state index contributed by atoms with van der Waals surface area (Å²) in [6, 6.07) is 0. The Labute approximate surface area is 136 Å². The molecule has 1 aliphatic carbocycles. The van der Waals surface area contributed by atoms with Crippen LogP contribution in [0.3, 0.4) is 0 Å². The second-order valence-corrected chi connectivity index (χ2v) is 6.27. The molecule has 5 heteroatoms. The van der Waals surface area contributed by atoms with Crippen molar-refractivity contribution < 1.29 is 24.9 Å². The van der Waals surface area contributed by atoms with Gasteiger partial charge in [0, 0.05) is 12.0 Å². The lowest BCUT2D eigenvalue weighted by Gasteiger charge is -2.31. The standard InChI is InChI=1S/C18H24O5/c1-10(2)6-7-13-15(20)14(12(5)19)17(22)18(23,16(13)21)9-8-11(3)4/h6,8,20-21,23H,7,9H2,1-5H3/t18-/m1/s1. The highest BCUT2D eigenvalue weighted by Gasteiger charge is 2.48. The molecule has 0 saturated heterocycles. The maximum absolute atomic E-state index is 12.5. The van der Waals surface area contributed by atoms with Gasteiger partial charge in [-0.3, -0.25) is 9.59 Å². The summed E-state index contributed by atoms with van der Waals surface area (Å²) in [7, 11) is 0. The number of rotatable bonds is 5. The molecule has 0 aromatic carbocycles. The number of ketones is 2. The third kappa shape index (κ3) is 3.79. The minimum atomic E-state index is -2.23. The fraction of sp³-hybridized carbons (Fsp3) is 0.444. The van der Waals surface area contributed by atoms with E-state index in [4.69, 9.17) is 0 Å². The molecule has 0 fully saturated rings. The van der Waals surface area contributed by atoms with E-state index in [1.807, 2.05) is 13.8 Å². The lowest BCUT2D eigenvalue weighted by Crippen LogP contribution is -2.46. The molecule has 3 N–H and O–H groups in total. The van der Waals surface area contributed by atoms with Crippen molar-refractivity contribution in [3.8, 4) is 0 Å². The molecule has 0 unspecified atom stereocenters. The van der Waals surface area contributed by atoms with Crippen molar-refractivity contribution in [2.75, 3.05) is 0 Å². The molecule has 0 radical (unpaired) electrons. The highest BCUT2D eigenvalue weighted by atomic mass is 16.3. The van der Waals surface area contributed by atoms with Gasteiger partial charge in [-0.05, 0) is 41.0 Å². The van der Waals surface area contributed by atoms with Crippen LogP contribution in [0.4, 0.5) is 0 Å². The first-order chi connectivity index (χ1) is 10.5. The van der Waals surface area contributed by atoms with E-state index >= 15 is 0 Å². The summed E-state index contributed by atoms with van der Waals surface area (Å²) in [4.78, 5) is 24.2. The zero-order valence-corrected chi connectivity index (χ0v) is 14.2. The van der Waals surface area contributed by atoms with Crippen LogP contribution in [0.15, 0.2) is 46.0 Å². The molecule has 1 aliphatic rings. The van der Waals surface area contributed by atoms with Gasteiger partial charge in [0.25, 0.3) is 0 Å². The van der Waals surface area contributed by atoms with Crippen molar-refractivity contribution in [1.82, 2.24) is 0 Å². The number of Topliss-reactive ketones (excluding diaryl/α,β-unsaturated/α-hetero) is 2. The van der Waals surface area contributed by atoms with Gasteiger partial charge in [0.1, 0.15) is 17.1 Å². The van der Waals surface area contributed by atoms with E-state index in [0.29, 0.717) is 0 Å². The average molecular weight is 320 g/mol. The number of aliphatic hydroxyl groups excluding tert-OH is 2. The number of carbonyl (C=O) groups is 2. The molecule has 0 amide bonds. The molecule has 1 atom stereocenters. The summed E-state index contributed by atoms with van der Waals surface area (Å²) in [5.41, 5.74) is -0.902. The van der Waals surface area contributed by atoms with Crippen molar-refractivity contribution in [1.29, 1.82) is 0 Å². The van der Waals surface area contributed by atoms with Gasteiger partial charge in [0.2, 0.25) is 5.78 Å². The molecule has 1 rings (SSSR count). The predicted molar refractivity (Wildman–Crippen MR) is 88.0 cm³/mol. The average Bonchev–Trinajstić information content (AvgIpc) is 2.42. The molecule has 0 aromatic rings. The Morgan fingerprint density at radius 2 is 1.57 bits per heavy atom. The van der Waals surface area contributed by atoms with E-state index in [1.54, 1.807) is 26.0 Å². The molecule has 23 heavy (non-hydrogen) atoms. The van der Waals surface area contributed by atoms with Gasteiger partial charge < -0.3 is 15.3 Å². The molecule has 0 aromatic heterocycles. The van der Waals surface area contributed by atoms with E-state index < -0.39 is 34.3 Å². The second kappa shape index (κ2) is 6.96. The Bertz CT molecular complexity index is 653. The normalized spacial score (nSPS) is 21.4. The molecular weight excluding hydrogens is 296 g/mol. The summed E-state index contributed by atoms with van der Waals surface area (Å²) >= 11 is 0. The third-order valence-corrected chi connectivity index (χ3v) is 3.68. The van der Waals surface area contributed by atoms with E-state index in [0.717, 1.165) is 18.1 Å². The maximum Gasteiger partial charge on any atom is 0.209 e. The summed E-state index contributed by atoms with van der Waals surface area (Å²) < 4.78 is 0. The molecular formula is C18H24O5. The van der Waals surface area contributed by atoms with E-state index in [2.05, 4.69) is 0 Å². The summed E-state index contributed by atoms with van der Waals surface area (Å²) in [6.45, 7) is 8.41. The first kappa shape index (κ1) is 18.9. The molecule has 0 aliphatic heterocycles.